The smallest absolute Gasteiger partial charge is 0.231 e. The molecule has 0 amide bonds. The zero-order chi connectivity index (χ0) is 17.5. The van der Waals surface area contributed by atoms with Crippen molar-refractivity contribution in [1.82, 2.24) is 15.5 Å². The number of likely N-dealkylation sites (tertiary alicyclic amines) is 1. The summed E-state index contributed by atoms with van der Waals surface area (Å²) in [5.74, 6) is 3.37. The number of fused-ring (bicyclic) bond motifs is 1. The Morgan fingerprint density at radius 1 is 1.19 bits per heavy atom. The first kappa shape index (κ1) is 21.1. The molecule has 26 heavy (non-hydrogen) atoms. The molecule has 1 aromatic rings. The molecule has 1 saturated heterocycles. The third kappa shape index (κ3) is 6.19. The first-order valence-electron chi connectivity index (χ1n) is 9.30. The van der Waals surface area contributed by atoms with E-state index in [4.69, 9.17) is 9.47 Å². The molecule has 0 bridgehead atoms. The number of hydrogen-bond acceptors (Lipinski definition) is 4. The van der Waals surface area contributed by atoms with E-state index in [0.29, 0.717) is 13.3 Å². The topological polar surface area (TPSA) is 58.1 Å². The monoisotopic (exact) mass is 474 g/mol. The van der Waals surface area contributed by atoms with Crippen molar-refractivity contribution >= 4 is 29.9 Å². The summed E-state index contributed by atoms with van der Waals surface area (Å²) >= 11 is 0. The molecule has 2 N–H and O–H groups in total. The molecule has 2 aliphatic rings. The fourth-order valence-corrected chi connectivity index (χ4v) is 3.25. The molecule has 146 valence electrons. The molecule has 2 aliphatic heterocycles. The SMILES string of the molecule is CN=C(NCCCN1CCC(C)CC1)NCc1ccc2c(c1)OCO2.I. The highest BCUT2D eigenvalue weighted by Gasteiger charge is 2.15. The van der Waals surface area contributed by atoms with E-state index in [2.05, 4.69) is 27.4 Å². The molecule has 0 aromatic heterocycles. The van der Waals surface area contributed by atoms with E-state index in [1.807, 2.05) is 18.2 Å². The lowest BCUT2D eigenvalue weighted by Gasteiger charge is -2.30. The maximum atomic E-state index is 5.42. The van der Waals surface area contributed by atoms with Gasteiger partial charge in [-0.2, -0.15) is 0 Å². The second kappa shape index (κ2) is 10.8. The summed E-state index contributed by atoms with van der Waals surface area (Å²) in [5, 5.41) is 6.75. The van der Waals surface area contributed by atoms with Crippen LogP contribution >= 0.6 is 24.0 Å². The summed E-state index contributed by atoms with van der Waals surface area (Å²) < 4.78 is 10.8. The standard InChI is InChI=1S/C19H30N4O2.HI/c1-15-6-10-23(11-7-15)9-3-8-21-19(20-2)22-13-16-4-5-17-18(12-16)25-14-24-17;/h4-5,12,15H,3,6-11,13-14H2,1-2H3,(H2,20,21,22);1H. The van der Waals surface area contributed by atoms with Gasteiger partial charge in [0.25, 0.3) is 0 Å². The average Bonchev–Trinajstić information content (AvgIpc) is 3.10. The minimum absolute atomic E-state index is 0. The summed E-state index contributed by atoms with van der Waals surface area (Å²) in [4.78, 5) is 6.87. The van der Waals surface area contributed by atoms with Crippen LogP contribution < -0.4 is 20.1 Å². The zero-order valence-corrected chi connectivity index (χ0v) is 18.1. The van der Waals surface area contributed by atoms with Crippen molar-refractivity contribution in [2.24, 2.45) is 10.9 Å². The fraction of sp³-hybridized carbons (Fsp3) is 0.632. The number of ether oxygens (including phenoxy) is 2. The number of nitrogens with one attached hydrogen (secondary N) is 2. The Kier molecular flexibility index (Phi) is 8.77. The van der Waals surface area contributed by atoms with Crippen LogP contribution in [0.25, 0.3) is 0 Å². The first-order chi connectivity index (χ1) is 12.2. The van der Waals surface area contributed by atoms with E-state index in [1.54, 1.807) is 7.05 Å². The fourth-order valence-electron chi connectivity index (χ4n) is 3.25. The Labute approximate surface area is 173 Å². The van der Waals surface area contributed by atoms with Crippen molar-refractivity contribution in [2.45, 2.75) is 32.7 Å². The molecule has 1 aromatic carbocycles. The summed E-state index contributed by atoms with van der Waals surface area (Å²) in [7, 11) is 1.81. The van der Waals surface area contributed by atoms with Crippen LogP contribution in [-0.2, 0) is 6.54 Å². The van der Waals surface area contributed by atoms with E-state index < -0.39 is 0 Å². The van der Waals surface area contributed by atoms with Crippen LogP contribution in [0.4, 0.5) is 0 Å². The Morgan fingerprint density at radius 3 is 2.73 bits per heavy atom. The number of halogens is 1. The normalized spacial score (nSPS) is 17.7. The van der Waals surface area contributed by atoms with Crippen LogP contribution in [0.1, 0.15) is 31.7 Å². The number of piperidine rings is 1. The van der Waals surface area contributed by atoms with E-state index in [0.717, 1.165) is 41.9 Å². The molecule has 0 atom stereocenters. The maximum absolute atomic E-state index is 5.42. The molecule has 1 fully saturated rings. The van der Waals surface area contributed by atoms with Crippen molar-refractivity contribution in [1.29, 1.82) is 0 Å². The van der Waals surface area contributed by atoms with E-state index in [9.17, 15) is 0 Å². The lowest BCUT2D eigenvalue weighted by molar-refractivity contribution is 0.174. The number of guanidine groups is 1. The summed E-state index contributed by atoms with van der Waals surface area (Å²) in [5.41, 5.74) is 1.15. The highest BCUT2D eigenvalue weighted by molar-refractivity contribution is 14.0. The third-order valence-corrected chi connectivity index (χ3v) is 4.94. The number of benzene rings is 1. The lowest BCUT2D eigenvalue weighted by atomic mass is 9.99. The van der Waals surface area contributed by atoms with Crippen LogP contribution in [0.5, 0.6) is 11.5 Å². The molecule has 0 radical (unpaired) electrons. The Hall–Kier alpha value is -1.22. The van der Waals surface area contributed by atoms with Gasteiger partial charge in [-0.1, -0.05) is 13.0 Å². The second-order valence-electron chi connectivity index (χ2n) is 6.92. The van der Waals surface area contributed by atoms with Crippen molar-refractivity contribution in [2.75, 3.05) is 40.0 Å². The van der Waals surface area contributed by atoms with Gasteiger partial charge >= 0.3 is 0 Å². The largest absolute Gasteiger partial charge is 0.454 e. The predicted octanol–water partition coefficient (Wildman–Crippen LogP) is 2.82. The Morgan fingerprint density at radius 2 is 1.96 bits per heavy atom. The zero-order valence-electron chi connectivity index (χ0n) is 15.8. The third-order valence-electron chi connectivity index (χ3n) is 4.94. The predicted molar refractivity (Wildman–Crippen MR) is 116 cm³/mol. The number of rotatable bonds is 6. The molecule has 0 saturated carbocycles. The highest BCUT2D eigenvalue weighted by atomic mass is 127. The van der Waals surface area contributed by atoms with Crippen molar-refractivity contribution in [3.63, 3.8) is 0 Å². The van der Waals surface area contributed by atoms with Gasteiger partial charge in [0.15, 0.2) is 17.5 Å². The Bertz CT molecular complexity index is 589. The van der Waals surface area contributed by atoms with Gasteiger partial charge in [0.1, 0.15) is 0 Å². The van der Waals surface area contributed by atoms with Crippen molar-refractivity contribution in [3.05, 3.63) is 23.8 Å². The van der Waals surface area contributed by atoms with Gasteiger partial charge in [0.2, 0.25) is 6.79 Å². The average molecular weight is 474 g/mol. The van der Waals surface area contributed by atoms with Gasteiger partial charge in [-0.15, -0.1) is 24.0 Å². The van der Waals surface area contributed by atoms with Gasteiger partial charge in [-0.25, -0.2) is 0 Å². The number of hydrogen-bond donors (Lipinski definition) is 2. The minimum atomic E-state index is 0. The van der Waals surface area contributed by atoms with Crippen LogP contribution in [0, 0.1) is 5.92 Å². The molecule has 3 rings (SSSR count). The molecule has 0 unspecified atom stereocenters. The van der Waals surface area contributed by atoms with Gasteiger partial charge in [-0.3, -0.25) is 4.99 Å². The molecule has 6 nitrogen and oxygen atoms in total. The second-order valence-corrected chi connectivity index (χ2v) is 6.92. The number of aliphatic imine (C=N–C) groups is 1. The van der Waals surface area contributed by atoms with Gasteiger partial charge in [-0.05, 0) is 62.5 Å². The Balaban J connectivity index is 0.00000243. The molecule has 2 heterocycles. The molecular weight excluding hydrogens is 443 g/mol. The van der Waals surface area contributed by atoms with E-state index in [-0.39, 0.29) is 24.0 Å². The summed E-state index contributed by atoms with van der Waals surface area (Å²) in [6, 6.07) is 6.01. The highest BCUT2D eigenvalue weighted by Crippen LogP contribution is 2.32. The van der Waals surface area contributed by atoms with Crippen LogP contribution in [0.2, 0.25) is 0 Å². The summed E-state index contributed by atoms with van der Waals surface area (Å²) in [6.45, 7) is 7.97. The molecule has 7 heteroatoms. The maximum Gasteiger partial charge on any atom is 0.231 e. The van der Waals surface area contributed by atoms with Crippen LogP contribution in [-0.4, -0.2) is 50.9 Å². The molecule has 0 aliphatic carbocycles. The van der Waals surface area contributed by atoms with Gasteiger partial charge < -0.3 is 25.0 Å². The summed E-state index contributed by atoms with van der Waals surface area (Å²) in [6.07, 6.45) is 3.82. The lowest BCUT2D eigenvalue weighted by Crippen LogP contribution is -2.39. The molecule has 0 spiro atoms. The van der Waals surface area contributed by atoms with Crippen LogP contribution in [0.3, 0.4) is 0 Å². The first-order valence-corrected chi connectivity index (χ1v) is 9.30. The minimum Gasteiger partial charge on any atom is -0.454 e. The van der Waals surface area contributed by atoms with E-state index >= 15 is 0 Å². The van der Waals surface area contributed by atoms with Crippen molar-refractivity contribution < 1.29 is 9.47 Å². The van der Waals surface area contributed by atoms with Gasteiger partial charge in [0.05, 0.1) is 0 Å². The quantitative estimate of drug-likeness (QED) is 0.288. The number of nitrogens with zero attached hydrogens (tertiary/aromatic N) is 2. The van der Waals surface area contributed by atoms with Crippen LogP contribution in [0.15, 0.2) is 23.2 Å². The van der Waals surface area contributed by atoms with Crippen molar-refractivity contribution in [3.8, 4) is 11.5 Å². The van der Waals surface area contributed by atoms with Gasteiger partial charge in [0, 0.05) is 20.1 Å². The van der Waals surface area contributed by atoms with E-state index in [1.165, 1.54) is 32.5 Å². The molecular formula is C19H31IN4O2.